The number of rotatable bonds is 4. The minimum absolute atomic E-state index is 0.146. The molecule has 7 nitrogen and oxygen atoms in total. The topological polar surface area (TPSA) is 108 Å². The summed E-state index contributed by atoms with van der Waals surface area (Å²) in [6.45, 7) is 1.34. The molecule has 2 rings (SSSR count). The maximum Gasteiger partial charge on any atom is 0.338 e. The van der Waals surface area contributed by atoms with Crippen molar-refractivity contribution in [2.24, 2.45) is 0 Å². The highest BCUT2D eigenvalue weighted by Gasteiger charge is 2.21. The highest BCUT2D eigenvalue weighted by molar-refractivity contribution is 6.03. The second kappa shape index (κ2) is 8.26. The predicted molar refractivity (Wildman–Crippen MR) is 89.6 cm³/mol. The number of nitriles is 1. The molecule has 25 heavy (non-hydrogen) atoms. The number of urea groups is 1. The van der Waals surface area contributed by atoms with Crippen molar-refractivity contribution in [3.05, 3.63) is 65.7 Å². The number of hydrogen-bond acceptors (Lipinski definition) is 5. The fourth-order valence-electron chi connectivity index (χ4n) is 1.90. The Kier molecular flexibility index (Phi) is 5.85. The minimum Gasteiger partial charge on any atom is -0.449 e. The third kappa shape index (κ3) is 5.18. The third-order valence-electron chi connectivity index (χ3n) is 3.15. The van der Waals surface area contributed by atoms with Crippen LogP contribution in [0.2, 0.25) is 0 Å². The Morgan fingerprint density at radius 2 is 1.80 bits per heavy atom. The summed E-state index contributed by atoms with van der Waals surface area (Å²) in [5.41, 5.74) is 0.965. The van der Waals surface area contributed by atoms with Crippen molar-refractivity contribution < 1.29 is 19.1 Å². The molecule has 0 radical (unpaired) electrons. The van der Waals surface area contributed by atoms with Crippen molar-refractivity contribution in [2.75, 3.05) is 5.32 Å². The minimum atomic E-state index is -1.18. The van der Waals surface area contributed by atoms with Gasteiger partial charge in [-0.25, -0.2) is 9.59 Å². The lowest BCUT2D eigenvalue weighted by Gasteiger charge is -2.13. The molecule has 0 aliphatic heterocycles. The van der Waals surface area contributed by atoms with Crippen LogP contribution < -0.4 is 10.6 Å². The summed E-state index contributed by atoms with van der Waals surface area (Å²) in [6, 6.07) is 15.7. The van der Waals surface area contributed by atoms with E-state index in [0.29, 0.717) is 11.3 Å². The van der Waals surface area contributed by atoms with Gasteiger partial charge >= 0.3 is 12.0 Å². The van der Waals surface area contributed by atoms with Crippen LogP contribution in [0.1, 0.15) is 22.8 Å². The summed E-state index contributed by atoms with van der Waals surface area (Å²) in [4.78, 5) is 35.7. The molecular formula is C18H15N3O4. The van der Waals surface area contributed by atoms with E-state index in [-0.39, 0.29) is 5.56 Å². The summed E-state index contributed by atoms with van der Waals surface area (Å²) in [6.07, 6.45) is -1.18. The molecule has 126 valence electrons. The van der Waals surface area contributed by atoms with Gasteiger partial charge in [0.2, 0.25) is 0 Å². The van der Waals surface area contributed by atoms with Gasteiger partial charge in [-0.05, 0) is 37.3 Å². The second-order valence-electron chi connectivity index (χ2n) is 5.05. The standard InChI is InChI=1S/C18H15N3O4/c1-12(25-17(23)14-7-5-6-13(10-14)11-19)16(22)21-18(24)20-15-8-3-2-4-9-15/h2-10,12H,1H3,(H2,20,21,22,24). The smallest absolute Gasteiger partial charge is 0.338 e. The Morgan fingerprint density at radius 3 is 2.48 bits per heavy atom. The van der Waals surface area contributed by atoms with Gasteiger partial charge in [0.05, 0.1) is 17.2 Å². The number of hydrogen-bond donors (Lipinski definition) is 2. The third-order valence-corrected chi connectivity index (χ3v) is 3.15. The van der Waals surface area contributed by atoms with Gasteiger partial charge in [-0.2, -0.15) is 5.26 Å². The largest absolute Gasteiger partial charge is 0.449 e. The number of anilines is 1. The summed E-state index contributed by atoms with van der Waals surface area (Å²) in [5, 5.41) is 13.4. The van der Waals surface area contributed by atoms with E-state index in [1.54, 1.807) is 36.4 Å². The van der Waals surface area contributed by atoms with Crippen LogP contribution in [0, 0.1) is 11.3 Å². The van der Waals surface area contributed by atoms with Crippen LogP contribution in [0.3, 0.4) is 0 Å². The summed E-state index contributed by atoms with van der Waals surface area (Å²) in [7, 11) is 0. The zero-order chi connectivity index (χ0) is 18.2. The van der Waals surface area contributed by atoms with Crippen LogP contribution in [0.4, 0.5) is 10.5 Å². The van der Waals surface area contributed by atoms with Crippen molar-refractivity contribution >= 4 is 23.6 Å². The molecule has 0 saturated carbocycles. The number of esters is 1. The Hall–Kier alpha value is -3.66. The summed E-state index contributed by atoms with van der Waals surface area (Å²) < 4.78 is 5.01. The van der Waals surface area contributed by atoms with Gasteiger partial charge in [0.1, 0.15) is 0 Å². The number of carbonyl (C=O) groups is 3. The molecule has 0 saturated heterocycles. The molecule has 0 heterocycles. The molecule has 7 heteroatoms. The van der Waals surface area contributed by atoms with Crippen LogP contribution in [0.25, 0.3) is 0 Å². The van der Waals surface area contributed by atoms with E-state index in [9.17, 15) is 14.4 Å². The van der Waals surface area contributed by atoms with Crippen molar-refractivity contribution in [3.8, 4) is 6.07 Å². The van der Waals surface area contributed by atoms with Gasteiger partial charge in [-0.3, -0.25) is 10.1 Å². The monoisotopic (exact) mass is 337 g/mol. The number of carbonyl (C=O) groups excluding carboxylic acids is 3. The Morgan fingerprint density at radius 1 is 1.08 bits per heavy atom. The first-order valence-electron chi connectivity index (χ1n) is 7.37. The van der Waals surface area contributed by atoms with Crippen LogP contribution in [0.5, 0.6) is 0 Å². The highest BCUT2D eigenvalue weighted by atomic mass is 16.5. The van der Waals surface area contributed by atoms with Gasteiger partial charge in [0.15, 0.2) is 6.10 Å². The number of ether oxygens (including phenoxy) is 1. The van der Waals surface area contributed by atoms with E-state index < -0.39 is 24.0 Å². The van der Waals surface area contributed by atoms with Crippen LogP contribution >= 0.6 is 0 Å². The maximum atomic E-state index is 12.0. The van der Waals surface area contributed by atoms with Gasteiger partial charge in [0, 0.05) is 5.69 Å². The van der Waals surface area contributed by atoms with E-state index in [4.69, 9.17) is 10.00 Å². The number of benzene rings is 2. The van der Waals surface area contributed by atoms with Gasteiger partial charge in [-0.15, -0.1) is 0 Å². The molecule has 2 aromatic carbocycles. The molecule has 1 unspecified atom stereocenters. The number of nitrogens with one attached hydrogen (secondary N) is 2. The molecule has 1 atom stereocenters. The van der Waals surface area contributed by atoms with Crippen molar-refractivity contribution in [2.45, 2.75) is 13.0 Å². The number of para-hydroxylation sites is 1. The Labute approximate surface area is 144 Å². The quantitative estimate of drug-likeness (QED) is 0.833. The van der Waals surface area contributed by atoms with Crippen LogP contribution in [0.15, 0.2) is 54.6 Å². The number of imide groups is 1. The first kappa shape index (κ1) is 17.7. The molecule has 2 N–H and O–H groups in total. The fraction of sp³-hybridized carbons (Fsp3) is 0.111. The SMILES string of the molecule is CC(OC(=O)c1cccc(C#N)c1)C(=O)NC(=O)Nc1ccccc1. The van der Waals surface area contributed by atoms with E-state index in [0.717, 1.165) is 0 Å². The second-order valence-corrected chi connectivity index (χ2v) is 5.05. The molecule has 0 aromatic heterocycles. The first-order chi connectivity index (χ1) is 12.0. The molecule has 0 fully saturated rings. The number of nitrogens with zero attached hydrogens (tertiary/aromatic N) is 1. The molecule has 3 amide bonds. The normalized spacial score (nSPS) is 10.9. The van der Waals surface area contributed by atoms with Gasteiger partial charge in [-0.1, -0.05) is 24.3 Å². The molecule has 0 bridgehead atoms. The molecule has 0 aliphatic carbocycles. The van der Waals surface area contributed by atoms with Crippen LogP contribution in [-0.4, -0.2) is 24.0 Å². The molecule has 0 aliphatic rings. The summed E-state index contributed by atoms with van der Waals surface area (Å²) in [5.74, 6) is -1.53. The van der Waals surface area contributed by atoms with E-state index >= 15 is 0 Å². The fourth-order valence-corrected chi connectivity index (χ4v) is 1.90. The predicted octanol–water partition coefficient (Wildman–Crippen LogP) is 2.45. The van der Waals surface area contributed by atoms with Crippen molar-refractivity contribution in [3.63, 3.8) is 0 Å². The van der Waals surface area contributed by atoms with Gasteiger partial charge < -0.3 is 10.1 Å². The first-order valence-corrected chi connectivity index (χ1v) is 7.37. The van der Waals surface area contributed by atoms with E-state index in [1.807, 2.05) is 6.07 Å². The molecular weight excluding hydrogens is 322 g/mol. The van der Waals surface area contributed by atoms with Crippen molar-refractivity contribution in [1.29, 1.82) is 5.26 Å². The lowest BCUT2D eigenvalue weighted by atomic mass is 10.1. The lowest BCUT2D eigenvalue weighted by Crippen LogP contribution is -2.41. The van der Waals surface area contributed by atoms with E-state index in [1.165, 1.54) is 25.1 Å². The zero-order valence-corrected chi connectivity index (χ0v) is 13.4. The average molecular weight is 337 g/mol. The molecule has 2 aromatic rings. The molecule has 0 spiro atoms. The highest BCUT2D eigenvalue weighted by Crippen LogP contribution is 2.08. The van der Waals surface area contributed by atoms with Gasteiger partial charge in [0.25, 0.3) is 5.91 Å². The summed E-state index contributed by atoms with van der Waals surface area (Å²) >= 11 is 0. The lowest BCUT2D eigenvalue weighted by molar-refractivity contribution is -0.127. The van der Waals surface area contributed by atoms with E-state index in [2.05, 4.69) is 10.6 Å². The Balaban J connectivity index is 1.90. The number of amides is 3. The van der Waals surface area contributed by atoms with Crippen molar-refractivity contribution in [1.82, 2.24) is 5.32 Å². The maximum absolute atomic E-state index is 12.0. The zero-order valence-electron chi connectivity index (χ0n) is 13.4. The van der Waals surface area contributed by atoms with Crippen LogP contribution in [-0.2, 0) is 9.53 Å². The average Bonchev–Trinajstić information content (AvgIpc) is 2.62. The Bertz CT molecular complexity index is 828.